The molecular formula is C18H18O. The van der Waals surface area contributed by atoms with Gasteiger partial charge in [0.15, 0.2) is 0 Å². The second-order valence-corrected chi connectivity index (χ2v) is 4.94. The molecule has 0 aromatic heterocycles. The van der Waals surface area contributed by atoms with Gasteiger partial charge in [0.05, 0.1) is 7.11 Å². The Kier molecular flexibility index (Phi) is 3.12. The number of rotatable bonds is 3. The third-order valence-electron chi connectivity index (χ3n) is 3.80. The smallest absolute Gasteiger partial charge is 0.119 e. The van der Waals surface area contributed by atoms with Gasteiger partial charge < -0.3 is 4.74 Å². The summed E-state index contributed by atoms with van der Waals surface area (Å²) in [7, 11) is 1.71. The summed E-state index contributed by atoms with van der Waals surface area (Å²) in [6.07, 6.45) is 4.58. The summed E-state index contributed by atoms with van der Waals surface area (Å²) in [5.74, 6) is 0.910. The number of ether oxygens (including phenoxy) is 1. The highest BCUT2D eigenvalue weighted by Crippen LogP contribution is 2.35. The van der Waals surface area contributed by atoms with Crippen molar-refractivity contribution in [3.63, 3.8) is 0 Å². The number of hydrogen-bond donors (Lipinski definition) is 0. The molecule has 0 aliphatic heterocycles. The fraction of sp³-hybridized carbons (Fsp3) is 0.222. The second-order valence-electron chi connectivity index (χ2n) is 4.94. The molecule has 0 spiro atoms. The molecule has 0 unspecified atom stereocenters. The molecule has 1 aliphatic rings. The maximum Gasteiger partial charge on any atom is 0.119 e. The molecule has 0 saturated carbocycles. The first-order chi connectivity index (χ1) is 9.31. The number of benzene rings is 2. The van der Waals surface area contributed by atoms with Gasteiger partial charge >= 0.3 is 0 Å². The first-order valence-electron chi connectivity index (χ1n) is 6.77. The molecule has 0 bridgehead atoms. The van der Waals surface area contributed by atoms with Crippen molar-refractivity contribution >= 4 is 6.08 Å². The van der Waals surface area contributed by atoms with Crippen LogP contribution in [0.4, 0.5) is 0 Å². The van der Waals surface area contributed by atoms with Crippen LogP contribution in [0.2, 0.25) is 0 Å². The molecule has 19 heavy (non-hydrogen) atoms. The number of allylic oxidation sites excluding steroid dienone is 1. The van der Waals surface area contributed by atoms with Crippen LogP contribution in [-0.4, -0.2) is 7.11 Å². The lowest BCUT2D eigenvalue weighted by molar-refractivity contribution is 0.415. The van der Waals surface area contributed by atoms with Gasteiger partial charge in [-0.15, -0.1) is 0 Å². The van der Waals surface area contributed by atoms with E-state index in [4.69, 9.17) is 4.74 Å². The summed E-state index contributed by atoms with van der Waals surface area (Å²) in [4.78, 5) is 0. The minimum atomic E-state index is 0.910. The van der Waals surface area contributed by atoms with Crippen molar-refractivity contribution in [2.45, 2.75) is 19.8 Å². The Bertz CT molecular complexity index is 638. The van der Waals surface area contributed by atoms with E-state index in [9.17, 15) is 0 Å². The van der Waals surface area contributed by atoms with E-state index in [2.05, 4.69) is 43.3 Å². The van der Waals surface area contributed by atoms with E-state index in [-0.39, 0.29) is 0 Å². The van der Waals surface area contributed by atoms with Crippen LogP contribution in [-0.2, 0) is 6.42 Å². The van der Waals surface area contributed by atoms with Gasteiger partial charge in [0, 0.05) is 0 Å². The zero-order valence-electron chi connectivity index (χ0n) is 11.4. The van der Waals surface area contributed by atoms with E-state index in [1.807, 2.05) is 12.1 Å². The van der Waals surface area contributed by atoms with Crippen molar-refractivity contribution in [2.24, 2.45) is 0 Å². The molecule has 1 nitrogen and oxygen atoms in total. The molecule has 0 heterocycles. The van der Waals surface area contributed by atoms with Crippen molar-refractivity contribution in [2.75, 3.05) is 7.11 Å². The summed E-state index contributed by atoms with van der Waals surface area (Å²) < 4.78 is 5.32. The van der Waals surface area contributed by atoms with Crippen LogP contribution in [0.3, 0.4) is 0 Å². The lowest BCUT2D eigenvalue weighted by Gasteiger charge is -2.09. The van der Waals surface area contributed by atoms with E-state index >= 15 is 0 Å². The number of methoxy groups -OCH3 is 1. The Labute approximate surface area is 114 Å². The van der Waals surface area contributed by atoms with Crippen LogP contribution in [0, 0.1) is 0 Å². The number of hydrogen-bond acceptors (Lipinski definition) is 1. The lowest BCUT2D eigenvalue weighted by Crippen LogP contribution is -1.88. The molecule has 2 aromatic carbocycles. The molecule has 1 aliphatic carbocycles. The van der Waals surface area contributed by atoms with E-state index in [0.29, 0.717) is 0 Å². The van der Waals surface area contributed by atoms with E-state index in [1.165, 1.54) is 27.8 Å². The maximum atomic E-state index is 5.32. The SMILES string of the molecule is CCC1=Cc2c(cccc2-c2cccc(OC)c2)C1. The monoisotopic (exact) mass is 250 g/mol. The van der Waals surface area contributed by atoms with Gasteiger partial charge in [0.25, 0.3) is 0 Å². The third-order valence-corrected chi connectivity index (χ3v) is 3.80. The molecular weight excluding hydrogens is 232 g/mol. The molecule has 96 valence electrons. The Morgan fingerprint density at radius 2 is 1.95 bits per heavy atom. The number of fused-ring (bicyclic) bond motifs is 1. The topological polar surface area (TPSA) is 9.23 Å². The second kappa shape index (κ2) is 4.93. The van der Waals surface area contributed by atoms with Crippen LogP contribution >= 0.6 is 0 Å². The van der Waals surface area contributed by atoms with Gasteiger partial charge in [-0.2, -0.15) is 0 Å². The predicted molar refractivity (Wildman–Crippen MR) is 80.4 cm³/mol. The third kappa shape index (κ3) is 2.17. The summed E-state index contributed by atoms with van der Waals surface area (Å²) in [6, 6.07) is 14.9. The Morgan fingerprint density at radius 3 is 2.74 bits per heavy atom. The summed E-state index contributed by atoms with van der Waals surface area (Å²) in [6.45, 7) is 2.23. The van der Waals surface area contributed by atoms with Gasteiger partial charge in [-0.05, 0) is 47.2 Å². The van der Waals surface area contributed by atoms with Gasteiger partial charge in [-0.25, -0.2) is 0 Å². The zero-order valence-corrected chi connectivity index (χ0v) is 11.4. The lowest BCUT2D eigenvalue weighted by atomic mass is 9.97. The normalized spacial score (nSPS) is 13.1. The van der Waals surface area contributed by atoms with E-state index in [0.717, 1.165) is 18.6 Å². The highest BCUT2D eigenvalue weighted by molar-refractivity contribution is 5.81. The fourth-order valence-corrected chi connectivity index (χ4v) is 2.71. The van der Waals surface area contributed by atoms with Crippen LogP contribution in [0.15, 0.2) is 48.0 Å². The molecule has 0 fully saturated rings. The molecule has 0 saturated heterocycles. The summed E-state index contributed by atoms with van der Waals surface area (Å²) in [5.41, 5.74) is 6.87. The standard InChI is InChI=1S/C18H18O/c1-3-13-10-14-7-5-9-17(18(14)11-13)15-6-4-8-16(12-15)19-2/h4-9,11-12H,3,10H2,1-2H3. The van der Waals surface area contributed by atoms with E-state index in [1.54, 1.807) is 7.11 Å². The average molecular weight is 250 g/mol. The molecule has 0 amide bonds. The Morgan fingerprint density at radius 1 is 1.11 bits per heavy atom. The van der Waals surface area contributed by atoms with Gasteiger partial charge in [-0.1, -0.05) is 48.9 Å². The van der Waals surface area contributed by atoms with Crippen LogP contribution in [0.25, 0.3) is 17.2 Å². The van der Waals surface area contributed by atoms with E-state index < -0.39 is 0 Å². The molecule has 2 aromatic rings. The Balaban J connectivity index is 2.11. The first-order valence-corrected chi connectivity index (χ1v) is 6.77. The summed E-state index contributed by atoms with van der Waals surface area (Å²) in [5, 5.41) is 0. The summed E-state index contributed by atoms with van der Waals surface area (Å²) >= 11 is 0. The zero-order chi connectivity index (χ0) is 13.2. The largest absolute Gasteiger partial charge is 0.497 e. The van der Waals surface area contributed by atoms with Gasteiger partial charge in [0.1, 0.15) is 5.75 Å². The first kappa shape index (κ1) is 12.0. The minimum absolute atomic E-state index is 0.910. The molecule has 0 N–H and O–H groups in total. The van der Waals surface area contributed by atoms with Crippen LogP contribution in [0.1, 0.15) is 24.5 Å². The molecule has 0 atom stereocenters. The predicted octanol–water partition coefficient (Wildman–Crippen LogP) is 4.71. The minimum Gasteiger partial charge on any atom is -0.497 e. The van der Waals surface area contributed by atoms with Gasteiger partial charge in [0.2, 0.25) is 0 Å². The van der Waals surface area contributed by atoms with Gasteiger partial charge in [-0.3, -0.25) is 0 Å². The van der Waals surface area contributed by atoms with Crippen molar-refractivity contribution < 1.29 is 4.74 Å². The quantitative estimate of drug-likeness (QED) is 0.766. The highest BCUT2D eigenvalue weighted by Gasteiger charge is 2.15. The highest BCUT2D eigenvalue weighted by atomic mass is 16.5. The fourth-order valence-electron chi connectivity index (χ4n) is 2.71. The van der Waals surface area contributed by atoms with Crippen molar-refractivity contribution in [3.05, 3.63) is 59.2 Å². The van der Waals surface area contributed by atoms with Crippen molar-refractivity contribution in [3.8, 4) is 16.9 Å². The Hall–Kier alpha value is -2.02. The maximum absolute atomic E-state index is 5.32. The molecule has 0 radical (unpaired) electrons. The van der Waals surface area contributed by atoms with Crippen molar-refractivity contribution in [1.29, 1.82) is 0 Å². The molecule has 3 rings (SSSR count). The van der Waals surface area contributed by atoms with Crippen molar-refractivity contribution in [1.82, 2.24) is 0 Å². The average Bonchev–Trinajstić information content (AvgIpc) is 2.90. The molecule has 1 heteroatoms. The van der Waals surface area contributed by atoms with Crippen LogP contribution in [0.5, 0.6) is 5.75 Å². The van der Waals surface area contributed by atoms with Crippen LogP contribution < -0.4 is 4.74 Å².